The SMILES string of the molecule is O=C1CCC(=O)N1CN(C(=O)C(F)(F)F)c1ccc(Cl)c(Cl)c1. The number of benzene rings is 1. The van der Waals surface area contributed by atoms with Crippen LogP contribution < -0.4 is 4.90 Å². The topological polar surface area (TPSA) is 57.7 Å². The minimum absolute atomic E-state index is 0.0665. The van der Waals surface area contributed by atoms with Crippen molar-refractivity contribution in [2.45, 2.75) is 19.0 Å². The third-order valence-corrected chi connectivity index (χ3v) is 3.88. The number of nitrogens with zero attached hydrogens (tertiary/aromatic N) is 2. The number of rotatable bonds is 3. The fourth-order valence-corrected chi connectivity index (χ4v) is 2.28. The van der Waals surface area contributed by atoms with Crippen LogP contribution in [0.15, 0.2) is 18.2 Å². The van der Waals surface area contributed by atoms with E-state index in [2.05, 4.69) is 0 Å². The van der Waals surface area contributed by atoms with Crippen LogP contribution in [0.5, 0.6) is 0 Å². The average molecular weight is 369 g/mol. The molecule has 0 saturated carbocycles. The number of anilines is 1. The summed E-state index contributed by atoms with van der Waals surface area (Å²) in [5, 5.41) is 0.0198. The molecule has 0 spiro atoms. The molecule has 1 fully saturated rings. The molecule has 0 aliphatic carbocycles. The van der Waals surface area contributed by atoms with Gasteiger partial charge in [-0.25, -0.2) is 0 Å². The Bertz CT molecular complexity index is 663. The Morgan fingerprint density at radius 2 is 1.70 bits per heavy atom. The van der Waals surface area contributed by atoms with E-state index in [1.807, 2.05) is 0 Å². The van der Waals surface area contributed by atoms with Crippen LogP contribution >= 0.6 is 23.2 Å². The second-order valence-electron chi connectivity index (χ2n) is 4.69. The number of carbonyl (C=O) groups is 3. The van der Waals surface area contributed by atoms with E-state index in [1.54, 1.807) is 0 Å². The van der Waals surface area contributed by atoms with Crippen LogP contribution in [0, 0.1) is 0 Å². The Morgan fingerprint density at radius 1 is 1.13 bits per heavy atom. The minimum Gasteiger partial charge on any atom is -0.286 e. The largest absolute Gasteiger partial charge is 0.471 e. The van der Waals surface area contributed by atoms with Crippen molar-refractivity contribution in [2.24, 2.45) is 0 Å². The maximum Gasteiger partial charge on any atom is 0.471 e. The second kappa shape index (κ2) is 6.37. The van der Waals surface area contributed by atoms with E-state index in [-0.39, 0.29) is 33.5 Å². The predicted molar refractivity (Wildman–Crippen MR) is 76.0 cm³/mol. The molecule has 1 aliphatic heterocycles. The van der Waals surface area contributed by atoms with Crippen molar-refractivity contribution in [1.29, 1.82) is 0 Å². The first-order chi connectivity index (χ1) is 10.6. The van der Waals surface area contributed by atoms with Crippen molar-refractivity contribution < 1.29 is 27.6 Å². The highest BCUT2D eigenvalue weighted by molar-refractivity contribution is 6.42. The van der Waals surface area contributed by atoms with Crippen molar-refractivity contribution >= 4 is 46.6 Å². The monoisotopic (exact) mass is 368 g/mol. The second-order valence-corrected chi connectivity index (χ2v) is 5.50. The van der Waals surface area contributed by atoms with Crippen molar-refractivity contribution in [2.75, 3.05) is 11.6 Å². The van der Waals surface area contributed by atoms with Crippen LogP contribution in [-0.4, -0.2) is 35.5 Å². The maximum absolute atomic E-state index is 12.8. The first-order valence-corrected chi connectivity index (χ1v) is 7.04. The smallest absolute Gasteiger partial charge is 0.286 e. The van der Waals surface area contributed by atoms with Crippen LogP contribution in [0.3, 0.4) is 0 Å². The quantitative estimate of drug-likeness (QED) is 0.770. The Balaban J connectivity index is 2.39. The molecule has 1 saturated heterocycles. The van der Waals surface area contributed by atoms with Gasteiger partial charge in [-0.1, -0.05) is 23.2 Å². The highest BCUT2D eigenvalue weighted by Crippen LogP contribution is 2.30. The Kier molecular flexibility index (Phi) is 4.86. The third kappa shape index (κ3) is 3.76. The zero-order valence-electron chi connectivity index (χ0n) is 11.4. The van der Waals surface area contributed by atoms with Gasteiger partial charge < -0.3 is 0 Å². The molecule has 10 heteroatoms. The van der Waals surface area contributed by atoms with E-state index in [0.717, 1.165) is 12.1 Å². The van der Waals surface area contributed by atoms with Crippen LogP contribution in [0.1, 0.15) is 12.8 Å². The molecule has 1 aliphatic rings. The molecule has 2 rings (SSSR count). The van der Waals surface area contributed by atoms with E-state index < -0.39 is 30.6 Å². The van der Waals surface area contributed by atoms with Crippen LogP contribution in [0.2, 0.25) is 10.0 Å². The molecule has 0 radical (unpaired) electrons. The Labute approximate surface area is 138 Å². The summed E-state index contributed by atoms with van der Waals surface area (Å²) in [6, 6.07) is 3.41. The van der Waals surface area contributed by atoms with Gasteiger partial charge in [0.2, 0.25) is 11.8 Å². The lowest BCUT2D eigenvalue weighted by molar-refractivity contribution is -0.171. The molecule has 0 atom stereocenters. The zero-order valence-corrected chi connectivity index (χ0v) is 12.9. The lowest BCUT2D eigenvalue weighted by Crippen LogP contribution is -2.48. The third-order valence-electron chi connectivity index (χ3n) is 3.14. The summed E-state index contributed by atoms with van der Waals surface area (Å²) < 4.78 is 38.4. The van der Waals surface area contributed by atoms with Crippen molar-refractivity contribution in [3.8, 4) is 0 Å². The number of hydrogen-bond acceptors (Lipinski definition) is 3. The predicted octanol–water partition coefficient (Wildman–Crippen LogP) is 3.00. The summed E-state index contributed by atoms with van der Waals surface area (Å²) in [4.78, 5) is 35.7. The van der Waals surface area contributed by atoms with Gasteiger partial charge in [-0.05, 0) is 18.2 Å². The summed E-state index contributed by atoms with van der Waals surface area (Å²) in [5.41, 5.74) is -0.228. The lowest BCUT2D eigenvalue weighted by Gasteiger charge is -2.27. The van der Waals surface area contributed by atoms with Gasteiger partial charge in [0.25, 0.3) is 0 Å². The number of imide groups is 1. The number of likely N-dealkylation sites (tertiary alicyclic amines) is 1. The molecule has 1 aromatic rings. The van der Waals surface area contributed by atoms with Gasteiger partial charge in [-0.3, -0.25) is 24.2 Å². The molecule has 1 heterocycles. The fraction of sp³-hybridized carbons (Fsp3) is 0.308. The van der Waals surface area contributed by atoms with Gasteiger partial charge in [-0.15, -0.1) is 0 Å². The Hall–Kier alpha value is -1.80. The van der Waals surface area contributed by atoms with E-state index >= 15 is 0 Å². The molecule has 1 aromatic carbocycles. The van der Waals surface area contributed by atoms with Gasteiger partial charge in [-0.2, -0.15) is 13.2 Å². The molecule has 0 N–H and O–H groups in total. The normalized spacial score (nSPS) is 15.3. The zero-order chi connectivity index (χ0) is 17.4. The fourth-order valence-electron chi connectivity index (χ4n) is 1.99. The summed E-state index contributed by atoms with van der Waals surface area (Å²) in [6.07, 6.45) is -5.39. The van der Waals surface area contributed by atoms with E-state index in [9.17, 15) is 27.6 Å². The molecular formula is C13H9Cl2F3N2O3. The molecule has 124 valence electrons. The molecule has 0 aromatic heterocycles. The van der Waals surface area contributed by atoms with Crippen molar-refractivity contribution in [3.05, 3.63) is 28.2 Å². The van der Waals surface area contributed by atoms with Gasteiger partial charge >= 0.3 is 12.1 Å². The van der Waals surface area contributed by atoms with Crippen molar-refractivity contribution in [3.63, 3.8) is 0 Å². The van der Waals surface area contributed by atoms with Crippen LogP contribution in [-0.2, 0) is 14.4 Å². The standard InChI is InChI=1S/C13H9Cl2F3N2O3/c14-8-2-1-7(5-9(8)15)19(12(23)13(16,17)18)6-20-10(21)3-4-11(20)22/h1-2,5H,3-4,6H2. The number of hydrogen-bond donors (Lipinski definition) is 0. The minimum atomic E-state index is -5.18. The number of alkyl halides is 3. The van der Waals surface area contributed by atoms with Gasteiger partial charge in [0.15, 0.2) is 0 Å². The van der Waals surface area contributed by atoms with Crippen LogP contribution in [0.4, 0.5) is 18.9 Å². The molecular weight excluding hydrogens is 360 g/mol. The molecule has 3 amide bonds. The average Bonchev–Trinajstić information content (AvgIpc) is 2.77. The summed E-state index contributed by atoms with van der Waals surface area (Å²) in [5.74, 6) is -3.51. The van der Waals surface area contributed by atoms with Gasteiger partial charge in [0.05, 0.1) is 10.0 Å². The van der Waals surface area contributed by atoms with E-state index in [4.69, 9.17) is 23.2 Å². The molecule has 0 unspecified atom stereocenters. The van der Waals surface area contributed by atoms with Gasteiger partial charge in [0.1, 0.15) is 6.67 Å². The maximum atomic E-state index is 12.8. The molecule has 5 nitrogen and oxygen atoms in total. The van der Waals surface area contributed by atoms with Gasteiger partial charge in [0, 0.05) is 18.5 Å². The van der Waals surface area contributed by atoms with Crippen LogP contribution in [0.25, 0.3) is 0 Å². The summed E-state index contributed by atoms with van der Waals surface area (Å²) in [7, 11) is 0. The highest BCUT2D eigenvalue weighted by atomic mass is 35.5. The number of carbonyl (C=O) groups excluding carboxylic acids is 3. The first-order valence-electron chi connectivity index (χ1n) is 6.28. The highest BCUT2D eigenvalue weighted by Gasteiger charge is 2.45. The molecule has 0 bridgehead atoms. The molecule has 23 heavy (non-hydrogen) atoms. The number of amides is 3. The summed E-state index contributed by atoms with van der Waals surface area (Å²) >= 11 is 11.4. The first kappa shape index (κ1) is 17.6. The van der Waals surface area contributed by atoms with Crippen molar-refractivity contribution in [1.82, 2.24) is 4.90 Å². The lowest BCUT2D eigenvalue weighted by atomic mass is 10.3. The van der Waals surface area contributed by atoms with E-state index in [1.165, 1.54) is 6.07 Å². The Morgan fingerprint density at radius 3 is 2.17 bits per heavy atom. The van der Waals surface area contributed by atoms with E-state index in [0.29, 0.717) is 4.90 Å². The number of halogens is 5. The summed E-state index contributed by atoms with van der Waals surface area (Å²) in [6.45, 7) is -0.839.